The Morgan fingerprint density at radius 3 is 2.44 bits per heavy atom. The highest BCUT2D eigenvalue weighted by Crippen LogP contribution is 2.29. The maximum absolute atomic E-state index is 12.5. The van der Waals surface area contributed by atoms with Crippen molar-refractivity contribution in [2.24, 2.45) is 5.92 Å². The smallest absolute Gasteiger partial charge is 0.339 e. The molecule has 2 heterocycles. The lowest BCUT2D eigenvalue weighted by atomic mass is 10.0. The minimum absolute atomic E-state index is 0.0239. The first-order chi connectivity index (χ1) is 15.1. The van der Waals surface area contributed by atoms with E-state index in [-0.39, 0.29) is 25.3 Å². The number of aliphatic carboxylic acids is 1. The largest absolute Gasteiger partial charge is 0.480 e. The predicted octanol–water partition coefficient (Wildman–Crippen LogP) is 2.43. The predicted molar refractivity (Wildman–Crippen MR) is 117 cm³/mol. The zero-order valence-corrected chi connectivity index (χ0v) is 18.4. The summed E-state index contributed by atoms with van der Waals surface area (Å²) < 4.78 is 10.9. The summed E-state index contributed by atoms with van der Waals surface area (Å²) in [5.41, 5.74) is 2.61. The van der Waals surface area contributed by atoms with Crippen LogP contribution in [0.4, 0.5) is 0 Å². The van der Waals surface area contributed by atoms with Crippen molar-refractivity contribution >= 4 is 39.7 Å². The van der Waals surface area contributed by atoms with Crippen LogP contribution in [0.2, 0.25) is 0 Å². The summed E-state index contributed by atoms with van der Waals surface area (Å²) in [6, 6.07) is 2.56. The summed E-state index contributed by atoms with van der Waals surface area (Å²) >= 11 is 0. The number of carboxylic acid groups (broad SMARTS) is 1. The standard InChI is InChI=1S/C23H26N2O7/c1-11(2)21(22(28)29)25-20(27)9-24-19(26)6-5-14-13(4)16-7-15-12(3)10-31-17(15)8-18(16)32-23(14)30/h7-8,10-11,21H,5-6,9H2,1-4H3,(H,24,26)(H,25,27)(H,28,29). The third-order valence-electron chi connectivity index (χ3n) is 5.47. The average molecular weight is 442 g/mol. The molecule has 9 nitrogen and oxygen atoms in total. The fourth-order valence-corrected chi connectivity index (χ4v) is 3.57. The normalized spacial score (nSPS) is 12.3. The van der Waals surface area contributed by atoms with Gasteiger partial charge in [0, 0.05) is 28.8 Å². The molecule has 3 aromatic rings. The molecule has 0 aliphatic rings. The van der Waals surface area contributed by atoms with Gasteiger partial charge in [-0.2, -0.15) is 0 Å². The number of furan rings is 1. The van der Waals surface area contributed by atoms with E-state index in [1.165, 1.54) is 0 Å². The minimum atomic E-state index is -1.14. The first kappa shape index (κ1) is 23.1. The van der Waals surface area contributed by atoms with Crippen molar-refractivity contribution in [1.82, 2.24) is 10.6 Å². The molecule has 1 aromatic carbocycles. The van der Waals surface area contributed by atoms with Crippen LogP contribution in [0.5, 0.6) is 0 Å². The van der Waals surface area contributed by atoms with Gasteiger partial charge < -0.3 is 24.6 Å². The molecule has 0 fully saturated rings. The topological polar surface area (TPSA) is 139 Å². The monoisotopic (exact) mass is 442 g/mol. The van der Waals surface area contributed by atoms with Crippen molar-refractivity contribution in [2.45, 2.75) is 46.6 Å². The van der Waals surface area contributed by atoms with Crippen LogP contribution < -0.4 is 16.3 Å². The SMILES string of the molecule is Cc1coc2cc3oc(=O)c(CCC(=O)NCC(=O)NC(C(=O)O)C(C)C)c(C)c3cc12. The molecule has 1 atom stereocenters. The second kappa shape index (κ2) is 9.25. The van der Waals surface area contributed by atoms with Gasteiger partial charge in [-0.1, -0.05) is 13.8 Å². The van der Waals surface area contributed by atoms with Crippen molar-refractivity contribution in [1.29, 1.82) is 0 Å². The molecule has 32 heavy (non-hydrogen) atoms. The van der Waals surface area contributed by atoms with Crippen molar-refractivity contribution < 1.29 is 28.3 Å². The Morgan fingerprint density at radius 1 is 1.06 bits per heavy atom. The highest BCUT2D eigenvalue weighted by molar-refractivity contribution is 5.96. The Hall–Kier alpha value is -3.62. The molecular formula is C23H26N2O7. The maximum atomic E-state index is 12.5. The molecule has 0 aliphatic heterocycles. The fourth-order valence-electron chi connectivity index (χ4n) is 3.57. The van der Waals surface area contributed by atoms with Gasteiger partial charge >= 0.3 is 11.6 Å². The van der Waals surface area contributed by atoms with E-state index in [2.05, 4.69) is 10.6 Å². The van der Waals surface area contributed by atoms with E-state index in [1.807, 2.05) is 13.0 Å². The van der Waals surface area contributed by atoms with Gasteiger partial charge in [0.05, 0.1) is 12.8 Å². The van der Waals surface area contributed by atoms with Gasteiger partial charge in [-0.3, -0.25) is 9.59 Å². The van der Waals surface area contributed by atoms with E-state index >= 15 is 0 Å². The van der Waals surface area contributed by atoms with Gasteiger partial charge in [-0.05, 0) is 43.4 Å². The van der Waals surface area contributed by atoms with E-state index in [4.69, 9.17) is 13.9 Å². The molecule has 0 bridgehead atoms. The molecule has 2 aromatic heterocycles. The van der Waals surface area contributed by atoms with Crippen LogP contribution in [0, 0.1) is 19.8 Å². The maximum Gasteiger partial charge on any atom is 0.339 e. The second-order valence-electron chi connectivity index (χ2n) is 8.16. The van der Waals surface area contributed by atoms with Crippen LogP contribution in [0.25, 0.3) is 21.9 Å². The van der Waals surface area contributed by atoms with Gasteiger partial charge in [-0.25, -0.2) is 9.59 Å². The third-order valence-corrected chi connectivity index (χ3v) is 5.47. The molecule has 0 aliphatic carbocycles. The molecule has 0 saturated heterocycles. The van der Waals surface area contributed by atoms with Crippen molar-refractivity contribution in [3.63, 3.8) is 0 Å². The lowest BCUT2D eigenvalue weighted by Crippen LogP contribution is -2.48. The van der Waals surface area contributed by atoms with E-state index in [0.717, 1.165) is 21.9 Å². The third kappa shape index (κ3) is 4.82. The molecular weight excluding hydrogens is 416 g/mol. The quantitative estimate of drug-likeness (QED) is 0.455. The second-order valence-corrected chi connectivity index (χ2v) is 8.16. The fraction of sp³-hybridized carbons (Fsp3) is 0.391. The zero-order valence-electron chi connectivity index (χ0n) is 18.4. The van der Waals surface area contributed by atoms with Crippen LogP contribution in [-0.2, 0) is 20.8 Å². The number of carbonyl (C=O) groups is 3. The van der Waals surface area contributed by atoms with Crippen LogP contribution in [0.15, 0.2) is 32.0 Å². The number of carboxylic acids is 1. The first-order valence-corrected chi connectivity index (χ1v) is 10.3. The Balaban J connectivity index is 1.66. The summed E-state index contributed by atoms with van der Waals surface area (Å²) in [5, 5.41) is 15.6. The minimum Gasteiger partial charge on any atom is -0.480 e. The lowest BCUT2D eigenvalue weighted by Gasteiger charge is -2.18. The molecule has 0 radical (unpaired) electrons. The van der Waals surface area contributed by atoms with Gasteiger partial charge in [0.2, 0.25) is 11.8 Å². The number of aryl methyl sites for hydroxylation is 2. The zero-order chi connectivity index (χ0) is 23.6. The Bertz CT molecular complexity index is 1250. The number of hydrogen-bond acceptors (Lipinski definition) is 6. The number of benzene rings is 1. The van der Waals surface area contributed by atoms with Crippen LogP contribution in [0.1, 0.15) is 37.0 Å². The van der Waals surface area contributed by atoms with Crippen molar-refractivity contribution in [2.75, 3.05) is 6.54 Å². The first-order valence-electron chi connectivity index (χ1n) is 10.3. The number of fused-ring (bicyclic) bond motifs is 2. The number of amides is 2. The molecule has 3 rings (SSSR count). The van der Waals surface area contributed by atoms with Gasteiger partial charge in [0.1, 0.15) is 17.2 Å². The van der Waals surface area contributed by atoms with Gasteiger partial charge in [-0.15, -0.1) is 0 Å². The highest BCUT2D eigenvalue weighted by Gasteiger charge is 2.23. The molecule has 0 saturated carbocycles. The number of rotatable bonds is 8. The average Bonchev–Trinajstić information content (AvgIpc) is 3.08. The van der Waals surface area contributed by atoms with Crippen molar-refractivity contribution in [3.8, 4) is 0 Å². The Labute approximate surface area is 183 Å². The molecule has 1 unspecified atom stereocenters. The molecule has 2 amide bonds. The number of hydrogen-bond donors (Lipinski definition) is 3. The van der Waals surface area contributed by atoms with Crippen LogP contribution >= 0.6 is 0 Å². The molecule has 0 spiro atoms. The summed E-state index contributed by atoms with van der Waals surface area (Å²) in [6.45, 7) is 6.73. The van der Waals surface area contributed by atoms with E-state index < -0.39 is 29.5 Å². The molecule has 9 heteroatoms. The van der Waals surface area contributed by atoms with E-state index in [9.17, 15) is 19.2 Å². The Morgan fingerprint density at radius 2 is 1.78 bits per heavy atom. The molecule has 3 N–H and O–H groups in total. The van der Waals surface area contributed by atoms with E-state index in [1.54, 1.807) is 33.1 Å². The van der Waals surface area contributed by atoms with E-state index in [0.29, 0.717) is 16.7 Å². The number of carbonyl (C=O) groups excluding carboxylic acids is 2. The summed E-state index contributed by atoms with van der Waals surface area (Å²) in [4.78, 5) is 47.8. The van der Waals surface area contributed by atoms with Gasteiger partial charge in [0.25, 0.3) is 0 Å². The summed E-state index contributed by atoms with van der Waals surface area (Å²) in [5.74, 6) is -2.47. The molecule has 170 valence electrons. The van der Waals surface area contributed by atoms with Crippen LogP contribution in [0.3, 0.4) is 0 Å². The highest BCUT2D eigenvalue weighted by atomic mass is 16.4. The van der Waals surface area contributed by atoms with Crippen molar-refractivity contribution in [3.05, 3.63) is 45.5 Å². The summed E-state index contributed by atoms with van der Waals surface area (Å²) in [6.07, 6.45) is 1.76. The van der Waals surface area contributed by atoms with Crippen LogP contribution in [-0.4, -0.2) is 35.5 Å². The number of nitrogens with one attached hydrogen (secondary N) is 2. The van der Waals surface area contributed by atoms with Gasteiger partial charge in [0.15, 0.2) is 0 Å². The Kier molecular flexibility index (Phi) is 6.67. The summed E-state index contributed by atoms with van der Waals surface area (Å²) in [7, 11) is 0. The lowest BCUT2D eigenvalue weighted by molar-refractivity contribution is -0.143.